The highest BCUT2D eigenvalue weighted by molar-refractivity contribution is 6.30. The zero-order valence-electron chi connectivity index (χ0n) is 18.0. The van der Waals surface area contributed by atoms with Crippen LogP contribution in [0.3, 0.4) is 0 Å². The highest BCUT2D eigenvalue weighted by Gasteiger charge is 2.19. The van der Waals surface area contributed by atoms with E-state index in [-0.39, 0.29) is 19.0 Å². The van der Waals surface area contributed by atoms with E-state index in [0.29, 0.717) is 17.4 Å². The molecule has 2 heterocycles. The minimum atomic E-state index is -0.300. The smallest absolute Gasteiger partial charge is 0.205 e. The third-order valence-corrected chi connectivity index (χ3v) is 5.64. The van der Waals surface area contributed by atoms with Crippen LogP contribution in [0.25, 0.3) is 22.5 Å². The van der Waals surface area contributed by atoms with E-state index in [2.05, 4.69) is 61.8 Å². The number of H-pyrrole nitrogens is 2. The van der Waals surface area contributed by atoms with Gasteiger partial charge in [0, 0.05) is 12.0 Å². The maximum Gasteiger partial charge on any atom is 0.205 e. The molecule has 0 amide bonds. The fourth-order valence-electron chi connectivity index (χ4n) is 3.35. The van der Waals surface area contributed by atoms with Crippen LogP contribution in [0.2, 0.25) is 5.15 Å². The lowest BCUT2D eigenvalue weighted by Gasteiger charge is -2.19. The van der Waals surface area contributed by atoms with Crippen LogP contribution in [0.4, 0.5) is 0 Å². The number of tetrazole rings is 1. The molecule has 8 nitrogen and oxygen atoms in total. The Morgan fingerprint density at radius 3 is 2.47 bits per heavy atom. The first-order valence-corrected chi connectivity index (χ1v) is 10.9. The largest absolute Gasteiger partial charge is 0.352 e. The lowest BCUT2D eigenvalue weighted by molar-refractivity contribution is -0.116. The molecule has 0 saturated heterocycles. The van der Waals surface area contributed by atoms with Crippen molar-refractivity contribution in [3.63, 3.8) is 0 Å². The fraction of sp³-hybridized carbons (Fsp3) is 0.304. The molecule has 32 heavy (non-hydrogen) atoms. The molecule has 0 aliphatic rings. The Kier molecular flexibility index (Phi) is 7.26. The highest BCUT2D eigenvalue weighted by atomic mass is 35.5. The number of ether oxygens (including phenoxy) is 2. The Hall–Kier alpha value is -3.07. The summed E-state index contributed by atoms with van der Waals surface area (Å²) in [5, 5.41) is 14.8. The number of aromatic nitrogens is 6. The number of benzene rings is 2. The molecule has 166 valence electrons. The van der Waals surface area contributed by atoms with E-state index < -0.39 is 0 Å². The Balaban J connectivity index is 1.52. The number of hydrogen-bond acceptors (Lipinski definition) is 6. The van der Waals surface area contributed by atoms with E-state index in [0.717, 1.165) is 34.4 Å². The van der Waals surface area contributed by atoms with Crippen LogP contribution in [0.1, 0.15) is 37.6 Å². The fourth-order valence-corrected chi connectivity index (χ4v) is 3.58. The van der Waals surface area contributed by atoms with Crippen molar-refractivity contribution in [2.45, 2.75) is 38.9 Å². The van der Waals surface area contributed by atoms with Crippen LogP contribution in [0, 0.1) is 0 Å². The van der Waals surface area contributed by atoms with Crippen LogP contribution >= 0.6 is 11.6 Å². The normalized spacial score (nSPS) is 13.2. The van der Waals surface area contributed by atoms with E-state index >= 15 is 0 Å². The summed E-state index contributed by atoms with van der Waals surface area (Å²) in [6, 6.07) is 16.3. The van der Waals surface area contributed by atoms with Gasteiger partial charge in [0.15, 0.2) is 5.15 Å². The first kappa shape index (κ1) is 22.1. The molecular weight excluding hydrogens is 428 g/mol. The Labute approximate surface area is 191 Å². The summed E-state index contributed by atoms with van der Waals surface area (Å²) in [6.45, 7) is 4.28. The summed E-state index contributed by atoms with van der Waals surface area (Å²) in [5.41, 5.74) is 4.86. The summed E-state index contributed by atoms with van der Waals surface area (Å²) in [5.74, 6) is 0.563. The number of imidazole rings is 1. The number of halogens is 1. The Morgan fingerprint density at radius 2 is 1.81 bits per heavy atom. The van der Waals surface area contributed by atoms with Crippen molar-refractivity contribution in [2.75, 3.05) is 6.79 Å². The van der Waals surface area contributed by atoms with E-state index in [9.17, 15) is 0 Å². The monoisotopic (exact) mass is 452 g/mol. The van der Waals surface area contributed by atoms with E-state index in [1.54, 1.807) is 6.33 Å². The van der Waals surface area contributed by atoms with Gasteiger partial charge in [0.05, 0.1) is 18.1 Å². The SMILES string of the molecule is CCC(C)OCOC(Cc1ccc(-c2ccccc2-c2nn[nH]n2)cc1)c1[nH]cnc1Cl. The second-order valence-corrected chi connectivity index (χ2v) is 7.81. The molecule has 0 saturated carbocycles. The van der Waals surface area contributed by atoms with Crippen LogP contribution < -0.4 is 0 Å². The third kappa shape index (κ3) is 5.21. The molecule has 9 heteroatoms. The van der Waals surface area contributed by atoms with Crippen molar-refractivity contribution in [1.29, 1.82) is 0 Å². The molecule has 0 aliphatic carbocycles. The number of nitrogens with one attached hydrogen (secondary N) is 2. The summed E-state index contributed by atoms with van der Waals surface area (Å²) >= 11 is 6.26. The predicted molar refractivity (Wildman–Crippen MR) is 122 cm³/mol. The van der Waals surface area contributed by atoms with E-state index in [1.165, 1.54) is 0 Å². The summed E-state index contributed by atoms with van der Waals surface area (Å²) in [6.07, 6.45) is 2.95. The van der Waals surface area contributed by atoms with Gasteiger partial charge >= 0.3 is 0 Å². The average Bonchev–Trinajstić information content (AvgIpc) is 3.51. The van der Waals surface area contributed by atoms with Crippen LogP contribution in [-0.2, 0) is 15.9 Å². The first-order chi connectivity index (χ1) is 15.7. The molecule has 0 bridgehead atoms. The van der Waals surface area contributed by atoms with Gasteiger partial charge in [-0.1, -0.05) is 67.1 Å². The van der Waals surface area contributed by atoms with Crippen LogP contribution in [0.5, 0.6) is 0 Å². The topological polar surface area (TPSA) is 102 Å². The van der Waals surface area contributed by atoms with Gasteiger partial charge in [0.2, 0.25) is 5.82 Å². The molecule has 0 spiro atoms. The molecule has 2 atom stereocenters. The number of hydrogen-bond donors (Lipinski definition) is 2. The van der Waals surface area contributed by atoms with Gasteiger partial charge in [-0.25, -0.2) is 4.98 Å². The maximum absolute atomic E-state index is 6.26. The first-order valence-electron chi connectivity index (χ1n) is 10.5. The lowest BCUT2D eigenvalue weighted by atomic mass is 9.97. The molecule has 2 unspecified atom stereocenters. The van der Waals surface area contributed by atoms with Crippen molar-refractivity contribution in [3.8, 4) is 22.5 Å². The van der Waals surface area contributed by atoms with Crippen molar-refractivity contribution in [2.24, 2.45) is 0 Å². The number of nitrogens with zero attached hydrogens (tertiary/aromatic N) is 4. The maximum atomic E-state index is 6.26. The minimum absolute atomic E-state index is 0.131. The van der Waals surface area contributed by atoms with Crippen LogP contribution in [-0.4, -0.2) is 43.5 Å². The zero-order valence-corrected chi connectivity index (χ0v) is 18.7. The molecule has 0 radical (unpaired) electrons. The zero-order chi connectivity index (χ0) is 22.3. The molecule has 0 aliphatic heterocycles. The van der Waals surface area contributed by atoms with Gasteiger partial charge in [-0.2, -0.15) is 5.21 Å². The van der Waals surface area contributed by atoms with E-state index in [1.807, 2.05) is 31.2 Å². The van der Waals surface area contributed by atoms with Gasteiger partial charge in [-0.15, -0.1) is 10.2 Å². The van der Waals surface area contributed by atoms with Crippen molar-refractivity contribution in [3.05, 3.63) is 71.3 Å². The summed E-state index contributed by atoms with van der Waals surface area (Å²) in [7, 11) is 0. The molecule has 2 N–H and O–H groups in total. The molecule has 2 aromatic heterocycles. The van der Waals surface area contributed by atoms with Crippen molar-refractivity contribution in [1.82, 2.24) is 30.6 Å². The van der Waals surface area contributed by atoms with Gasteiger partial charge in [-0.05, 0) is 35.2 Å². The second-order valence-electron chi connectivity index (χ2n) is 7.45. The molecule has 4 rings (SSSR count). The van der Waals surface area contributed by atoms with Crippen molar-refractivity contribution >= 4 is 11.6 Å². The Bertz CT molecular complexity index is 1110. The minimum Gasteiger partial charge on any atom is -0.352 e. The van der Waals surface area contributed by atoms with Gasteiger partial charge in [-0.3, -0.25) is 0 Å². The van der Waals surface area contributed by atoms with Crippen LogP contribution in [0.15, 0.2) is 54.9 Å². The average molecular weight is 453 g/mol. The second kappa shape index (κ2) is 10.5. The predicted octanol–water partition coefficient (Wildman–Crippen LogP) is 4.98. The molecule has 0 fully saturated rings. The standard InChI is InChI=1S/C23H25ClN6O2/c1-3-15(2)31-14-32-20(21-22(24)26-13-25-21)12-16-8-10-17(11-9-16)18-6-4-5-7-19(18)23-27-29-30-28-23/h4-11,13,15,20H,3,12,14H2,1-2H3,(H,25,26)(H,27,28,29,30). The van der Waals surface area contributed by atoms with Gasteiger partial charge in [0.1, 0.15) is 12.9 Å². The van der Waals surface area contributed by atoms with Crippen molar-refractivity contribution < 1.29 is 9.47 Å². The van der Waals surface area contributed by atoms with Gasteiger partial charge in [0.25, 0.3) is 0 Å². The molecule has 4 aromatic rings. The number of rotatable bonds is 10. The highest BCUT2D eigenvalue weighted by Crippen LogP contribution is 2.31. The molecular formula is C23H25ClN6O2. The molecule has 2 aromatic carbocycles. The Morgan fingerprint density at radius 1 is 1.03 bits per heavy atom. The quantitative estimate of drug-likeness (QED) is 0.329. The van der Waals surface area contributed by atoms with Gasteiger partial charge < -0.3 is 14.5 Å². The third-order valence-electron chi connectivity index (χ3n) is 5.34. The van der Waals surface area contributed by atoms with E-state index in [4.69, 9.17) is 21.1 Å². The summed E-state index contributed by atoms with van der Waals surface area (Å²) in [4.78, 5) is 7.19. The lowest BCUT2D eigenvalue weighted by Crippen LogP contribution is -2.15. The summed E-state index contributed by atoms with van der Waals surface area (Å²) < 4.78 is 11.7. The number of aromatic amines is 2.